The highest BCUT2D eigenvalue weighted by atomic mass is 31.2. The van der Waals surface area contributed by atoms with Gasteiger partial charge in [-0.25, -0.2) is 0 Å². The minimum atomic E-state index is -3.93. The third-order valence-corrected chi connectivity index (χ3v) is 8.61. The molecule has 0 saturated carbocycles. The number of aryl methyl sites for hydroxylation is 1. The molecule has 5 rings (SSSR count). The topological polar surface area (TPSA) is 93.1 Å². The first-order valence-corrected chi connectivity index (χ1v) is 13.0. The monoisotopic (exact) mass is 495 g/mol. The van der Waals surface area contributed by atoms with Crippen LogP contribution in [0.4, 0.5) is 0 Å². The Morgan fingerprint density at radius 3 is 2.00 bits per heavy atom. The Labute approximate surface area is 203 Å². The lowest BCUT2D eigenvalue weighted by atomic mass is 9.83. The van der Waals surface area contributed by atoms with Crippen LogP contribution < -0.4 is 14.9 Å². The predicted molar refractivity (Wildman–Crippen MR) is 130 cm³/mol. The first kappa shape index (κ1) is 23.5. The molecule has 3 aromatic rings. The van der Waals surface area contributed by atoms with Crippen LogP contribution in [0, 0.1) is 0 Å². The van der Waals surface area contributed by atoms with Gasteiger partial charge in [-0.3, -0.25) is 14.2 Å². The summed E-state index contributed by atoms with van der Waals surface area (Å²) in [6.07, 6.45) is 0.566. The highest BCUT2D eigenvalue weighted by molar-refractivity contribution is 7.62. The SMILES string of the molecule is CCOP(=O)(OCC)c1c2c(c3n1CCc1cc(OC)c(OC)cc1-3)C(=O)c1ccccc1C2=O. The maximum atomic E-state index is 14.1. The molecule has 9 heteroatoms. The Bertz CT molecular complexity index is 1410. The van der Waals surface area contributed by atoms with Crippen molar-refractivity contribution in [3.8, 4) is 22.8 Å². The Morgan fingerprint density at radius 1 is 0.857 bits per heavy atom. The number of carbonyl (C=O) groups is 2. The van der Waals surface area contributed by atoms with Crippen molar-refractivity contribution in [1.29, 1.82) is 0 Å². The molecule has 0 atom stereocenters. The highest BCUT2D eigenvalue weighted by Gasteiger charge is 2.46. The summed E-state index contributed by atoms with van der Waals surface area (Å²) in [5.74, 6) is 0.396. The number of ketones is 2. The van der Waals surface area contributed by atoms with Crippen LogP contribution in [0.2, 0.25) is 0 Å². The zero-order valence-corrected chi connectivity index (χ0v) is 20.9. The standard InChI is InChI=1S/C26H26NO7P/c1-5-33-35(30,34-6-2)26-22-21(24(28)16-9-7-8-10-17(16)25(22)29)23-18-14-20(32-4)19(31-3)13-15(18)11-12-27(23)26/h7-10,13-14H,5-6,11-12H2,1-4H3. The summed E-state index contributed by atoms with van der Waals surface area (Å²) in [6, 6.07) is 10.4. The van der Waals surface area contributed by atoms with E-state index in [4.69, 9.17) is 18.5 Å². The van der Waals surface area contributed by atoms with Gasteiger partial charge in [-0.05, 0) is 38.0 Å². The molecule has 35 heavy (non-hydrogen) atoms. The number of fused-ring (bicyclic) bond motifs is 6. The molecule has 8 nitrogen and oxygen atoms in total. The fraction of sp³-hybridized carbons (Fsp3) is 0.308. The van der Waals surface area contributed by atoms with Crippen molar-refractivity contribution in [2.45, 2.75) is 26.8 Å². The molecule has 0 fully saturated rings. The van der Waals surface area contributed by atoms with Crippen LogP contribution in [0.3, 0.4) is 0 Å². The van der Waals surface area contributed by atoms with Gasteiger partial charge in [0.25, 0.3) is 0 Å². The number of benzene rings is 2. The number of hydrogen-bond donors (Lipinski definition) is 0. The smallest absolute Gasteiger partial charge is 0.378 e. The van der Waals surface area contributed by atoms with Gasteiger partial charge in [0.2, 0.25) is 0 Å². The van der Waals surface area contributed by atoms with Crippen molar-refractivity contribution in [3.05, 3.63) is 64.2 Å². The summed E-state index contributed by atoms with van der Waals surface area (Å²) in [5, 5.41) is 0. The lowest BCUT2D eigenvalue weighted by molar-refractivity contribution is 0.0981. The molecule has 0 saturated heterocycles. The van der Waals surface area contributed by atoms with Gasteiger partial charge < -0.3 is 23.1 Å². The summed E-state index contributed by atoms with van der Waals surface area (Å²) in [5.41, 5.74) is 3.22. The molecule has 0 spiro atoms. The maximum absolute atomic E-state index is 14.1. The van der Waals surface area contributed by atoms with E-state index < -0.39 is 7.60 Å². The van der Waals surface area contributed by atoms with Crippen LogP contribution in [0.5, 0.6) is 11.5 Å². The lowest BCUT2D eigenvalue weighted by Crippen LogP contribution is -2.29. The maximum Gasteiger partial charge on any atom is 0.378 e. The Balaban J connectivity index is 1.90. The van der Waals surface area contributed by atoms with Crippen molar-refractivity contribution in [3.63, 3.8) is 0 Å². The van der Waals surface area contributed by atoms with Crippen molar-refractivity contribution in [2.24, 2.45) is 0 Å². The Morgan fingerprint density at radius 2 is 1.43 bits per heavy atom. The molecule has 1 aliphatic heterocycles. The summed E-state index contributed by atoms with van der Waals surface area (Å²) in [6.45, 7) is 4.06. The van der Waals surface area contributed by atoms with Crippen LogP contribution in [0.1, 0.15) is 51.3 Å². The molecule has 1 aromatic heterocycles. The molecule has 2 aromatic carbocycles. The van der Waals surface area contributed by atoms with Crippen molar-refractivity contribution < 1.29 is 32.7 Å². The quantitative estimate of drug-likeness (QED) is 0.351. The van der Waals surface area contributed by atoms with E-state index in [0.29, 0.717) is 35.7 Å². The van der Waals surface area contributed by atoms with E-state index >= 15 is 0 Å². The highest BCUT2D eigenvalue weighted by Crippen LogP contribution is 2.53. The summed E-state index contributed by atoms with van der Waals surface area (Å²) in [4.78, 5) is 27.7. The number of ether oxygens (including phenoxy) is 2. The van der Waals surface area contributed by atoms with E-state index in [1.165, 1.54) is 7.11 Å². The first-order chi connectivity index (χ1) is 16.9. The number of carbonyl (C=O) groups excluding carboxylic acids is 2. The fourth-order valence-electron chi connectivity index (χ4n) is 5.05. The molecule has 0 unspecified atom stereocenters. The molecule has 2 aliphatic rings. The van der Waals surface area contributed by atoms with Gasteiger partial charge in [0, 0.05) is 23.2 Å². The van der Waals surface area contributed by atoms with Gasteiger partial charge in [0.05, 0.1) is 44.3 Å². The van der Waals surface area contributed by atoms with Crippen LogP contribution >= 0.6 is 7.60 Å². The normalized spacial score (nSPS) is 14.2. The van der Waals surface area contributed by atoms with Crippen molar-refractivity contribution >= 4 is 24.6 Å². The minimum absolute atomic E-state index is 0.0940. The van der Waals surface area contributed by atoms with Gasteiger partial charge in [-0.15, -0.1) is 0 Å². The molecule has 2 heterocycles. The van der Waals surface area contributed by atoms with E-state index in [-0.39, 0.29) is 46.9 Å². The second-order valence-corrected chi connectivity index (χ2v) is 10.2. The van der Waals surface area contributed by atoms with Crippen LogP contribution in [-0.4, -0.2) is 43.6 Å². The van der Waals surface area contributed by atoms with Gasteiger partial charge in [0.1, 0.15) is 5.44 Å². The van der Waals surface area contributed by atoms with E-state index in [2.05, 4.69) is 0 Å². The number of methoxy groups -OCH3 is 2. The average molecular weight is 495 g/mol. The van der Waals surface area contributed by atoms with Crippen LogP contribution in [-0.2, 0) is 26.6 Å². The van der Waals surface area contributed by atoms with Gasteiger partial charge in [-0.2, -0.15) is 0 Å². The largest absolute Gasteiger partial charge is 0.493 e. The molecule has 0 bridgehead atoms. The third kappa shape index (κ3) is 3.39. The molecular weight excluding hydrogens is 469 g/mol. The van der Waals surface area contributed by atoms with Gasteiger partial charge >= 0.3 is 7.60 Å². The molecular formula is C26H26NO7P. The van der Waals surface area contributed by atoms with Gasteiger partial charge in [0.15, 0.2) is 23.1 Å². The summed E-state index contributed by atoms with van der Waals surface area (Å²) >= 11 is 0. The Hall–Kier alpha value is -3.19. The molecule has 0 amide bonds. The summed E-state index contributed by atoms with van der Waals surface area (Å²) < 4.78 is 38.3. The number of rotatable bonds is 7. The van der Waals surface area contributed by atoms with E-state index in [9.17, 15) is 14.2 Å². The van der Waals surface area contributed by atoms with E-state index in [1.54, 1.807) is 55.9 Å². The zero-order valence-electron chi connectivity index (χ0n) is 20.0. The minimum Gasteiger partial charge on any atom is -0.493 e. The van der Waals surface area contributed by atoms with Crippen LogP contribution in [0.25, 0.3) is 11.3 Å². The summed E-state index contributed by atoms with van der Waals surface area (Å²) in [7, 11) is -0.830. The lowest BCUT2D eigenvalue weighted by Gasteiger charge is -2.25. The third-order valence-electron chi connectivity index (χ3n) is 6.43. The van der Waals surface area contributed by atoms with Crippen LogP contribution in [0.15, 0.2) is 36.4 Å². The number of hydrogen-bond acceptors (Lipinski definition) is 7. The van der Waals surface area contributed by atoms with Crippen molar-refractivity contribution in [1.82, 2.24) is 4.57 Å². The van der Waals surface area contributed by atoms with E-state index in [1.807, 2.05) is 6.07 Å². The molecule has 0 N–H and O–H groups in total. The Kier molecular flexibility index (Phi) is 5.91. The average Bonchev–Trinajstić information content (AvgIpc) is 3.23. The van der Waals surface area contributed by atoms with E-state index in [0.717, 1.165) is 11.1 Å². The molecule has 182 valence electrons. The zero-order chi connectivity index (χ0) is 24.9. The fourth-order valence-corrected chi connectivity index (χ4v) is 7.04. The van der Waals surface area contributed by atoms with Crippen molar-refractivity contribution in [2.75, 3.05) is 27.4 Å². The second kappa shape index (κ2) is 8.79. The molecule has 0 radical (unpaired) electrons. The number of nitrogens with zero attached hydrogens (tertiary/aromatic N) is 1. The number of aromatic nitrogens is 1. The predicted octanol–water partition coefficient (Wildman–Crippen LogP) is 4.40. The second-order valence-electron chi connectivity index (χ2n) is 8.23. The first-order valence-electron chi connectivity index (χ1n) is 11.5. The van der Waals surface area contributed by atoms with Gasteiger partial charge in [-0.1, -0.05) is 24.3 Å². The molecule has 1 aliphatic carbocycles.